The van der Waals surface area contributed by atoms with Gasteiger partial charge in [-0.2, -0.15) is 0 Å². The molecule has 0 saturated heterocycles. The molecule has 3 N–H and O–H groups in total. The van der Waals surface area contributed by atoms with Gasteiger partial charge in [0.15, 0.2) is 6.54 Å². The number of quaternary nitrogens is 1. The van der Waals surface area contributed by atoms with E-state index in [0.717, 1.165) is 20.7 Å². The Morgan fingerprint density at radius 1 is 1.30 bits per heavy atom. The maximum Gasteiger partial charge on any atom is 0.322 e. The van der Waals surface area contributed by atoms with Gasteiger partial charge in [-0.15, -0.1) is 0 Å². The van der Waals surface area contributed by atoms with Crippen LogP contribution in [0.4, 0.5) is 4.79 Å². The lowest BCUT2D eigenvalue weighted by Crippen LogP contribution is -3.09. The topological polar surface area (TPSA) is 71.9 Å². The molecule has 0 spiro atoms. The van der Waals surface area contributed by atoms with Crippen LogP contribution in [-0.4, -0.2) is 38.2 Å². The second-order valence-electron chi connectivity index (χ2n) is 6.52. The van der Waals surface area contributed by atoms with Crippen molar-refractivity contribution in [3.8, 4) is 5.75 Å². The zero-order valence-electron chi connectivity index (χ0n) is 14.2. The number of urea groups is 1. The average molecular weight is 387 g/mol. The molecule has 1 aromatic rings. The summed E-state index contributed by atoms with van der Waals surface area (Å²) in [6.45, 7) is 6.36. The van der Waals surface area contributed by atoms with Gasteiger partial charge in [0.05, 0.1) is 14.2 Å². The minimum absolute atomic E-state index is 0.188. The number of methoxy groups -OCH3 is 1. The summed E-state index contributed by atoms with van der Waals surface area (Å²) in [5.74, 6) is 0.455. The van der Waals surface area contributed by atoms with Crippen molar-refractivity contribution in [1.29, 1.82) is 0 Å². The Kier molecular flexibility index (Phi) is 7.02. The van der Waals surface area contributed by atoms with E-state index in [1.54, 1.807) is 7.11 Å². The zero-order chi connectivity index (χ0) is 17.6. The Bertz CT molecular complexity index is 570. The molecular weight excluding hydrogens is 362 g/mol. The van der Waals surface area contributed by atoms with Gasteiger partial charge in [0.25, 0.3) is 5.91 Å². The van der Waals surface area contributed by atoms with Gasteiger partial charge in [0, 0.05) is 15.6 Å². The molecule has 1 aromatic carbocycles. The van der Waals surface area contributed by atoms with Gasteiger partial charge >= 0.3 is 6.03 Å². The highest BCUT2D eigenvalue weighted by molar-refractivity contribution is 9.10. The van der Waals surface area contributed by atoms with E-state index in [2.05, 4.69) is 26.6 Å². The highest BCUT2D eigenvalue weighted by Gasteiger charge is 2.18. The first-order chi connectivity index (χ1) is 10.6. The number of amides is 3. The summed E-state index contributed by atoms with van der Waals surface area (Å²) in [6, 6.07) is 5.27. The SMILES string of the molecule is COc1ccc(Br)cc1C[NH+](C)CC(=O)NC(=O)NC(C)(C)C. The molecule has 0 heterocycles. The number of nitrogens with one attached hydrogen (secondary N) is 3. The average Bonchev–Trinajstić information content (AvgIpc) is 2.35. The highest BCUT2D eigenvalue weighted by Crippen LogP contribution is 2.21. The van der Waals surface area contributed by atoms with Gasteiger partial charge in [-0.25, -0.2) is 4.79 Å². The number of hydrogen-bond acceptors (Lipinski definition) is 3. The zero-order valence-corrected chi connectivity index (χ0v) is 15.8. The van der Waals surface area contributed by atoms with Gasteiger partial charge < -0.3 is 15.0 Å². The lowest BCUT2D eigenvalue weighted by Gasteiger charge is -2.21. The molecule has 0 radical (unpaired) electrons. The molecule has 1 rings (SSSR count). The lowest BCUT2D eigenvalue weighted by molar-refractivity contribution is -0.885. The van der Waals surface area contributed by atoms with E-state index in [4.69, 9.17) is 4.74 Å². The number of imide groups is 1. The predicted octanol–water partition coefficient (Wildman–Crippen LogP) is 1.10. The summed E-state index contributed by atoms with van der Waals surface area (Å²) in [6.07, 6.45) is 0. The van der Waals surface area contributed by atoms with Crippen LogP contribution in [0, 0.1) is 0 Å². The van der Waals surface area contributed by atoms with Crippen molar-refractivity contribution in [1.82, 2.24) is 10.6 Å². The minimum Gasteiger partial charge on any atom is -0.496 e. The number of hydrogen-bond donors (Lipinski definition) is 3. The normalized spacial score (nSPS) is 12.4. The number of carbonyl (C=O) groups is 2. The van der Waals surface area contributed by atoms with Crippen molar-refractivity contribution in [2.75, 3.05) is 20.7 Å². The Morgan fingerprint density at radius 3 is 2.52 bits per heavy atom. The van der Waals surface area contributed by atoms with Crippen molar-refractivity contribution in [2.24, 2.45) is 0 Å². The second kappa shape index (κ2) is 8.31. The van der Waals surface area contributed by atoms with Crippen molar-refractivity contribution < 1.29 is 19.2 Å². The molecule has 0 aromatic heterocycles. The molecule has 23 heavy (non-hydrogen) atoms. The van der Waals surface area contributed by atoms with Crippen LogP contribution in [0.3, 0.4) is 0 Å². The van der Waals surface area contributed by atoms with E-state index < -0.39 is 6.03 Å². The first-order valence-electron chi connectivity index (χ1n) is 7.36. The highest BCUT2D eigenvalue weighted by atomic mass is 79.9. The quantitative estimate of drug-likeness (QED) is 0.709. The summed E-state index contributed by atoms with van der Waals surface area (Å²) in [5.41, 5.74) is 0.610. The fourth-order valence-electron chi connectivity index (χ4n) is 2.09. The van der Waals surface area contributed by atoms with Crippen molar-refractivity contribution in [2.45, 2.75) is 32.9 Å². The van der Waals surface area contributed by atoms with E-state index in [1.165, 1.54) is 0 Å². The maximum atomic E-state index is 11.9. The molecular formula is C16H25BrN3O3+. The molecule has 1 atom stereocenters. The van der Waals surface area contributed by atoms with Crippen LogP contribution in [0.15, 0.2) is 22.7 Å². The fourth-order valence-corrected chi connectivity index (χ4v) is 2.50. The van der Waals surface area contributed by atoms with Crippen molar-refractivity contribution in [3.05, 3.63) is 28.2 Å². The van der Waals surface area contributed by atoms with Crippen LogP contribution in [0.1, 0.15) is 26.3 Å². The fraction of sp³-hybridized carbons (Fsp3) is 0.500. The summed E-state index contributed by atoms with van der Waals surface area (Å²) < 4.78 is 6.28. The Morgan fingerprint density at radius 2 is 1.96 bits per heavy atom. The Labute approximate surface area is 145 Å². The second-order valence-corrected chi connectivity index (χ2v) is 7.43. The van der Waals surface area contributed by atoms with E-state index in [1.807, 2.05) is 46.0 Å². The third-order valence-electron chi connectivity index (χ3n) is 2.94. The number of halogens is 1. The van der Waals surface area contributed by atoms with E-state index in [9.17, 15) is 9.59 Å². The summed E-state index contributed by atoms with van der Waals surface area (Å²) in [7, 11) is 3.51. The molecule has 3 amide bonds. The largest absolute Gasteiger partial charge is 0.496 e. The van der Waals surface area contributed by atoms with E-state index in [-0.39, 0.29) is 18.0 Å². The summed E-state index contributed by atoms with van der Waals surface area (Å²) in [5, 5.41) is 5.04. The van der Waals surface area contributed by atoms with Gasteiger partial charge in [-0.1, -0.05) is 15.9 Å². The number of carbonyl (C=O) groups excluding carboxylic acids is 2. The van der Waals surface area contributed by atoms with Gasteiger partial charge in [0.2, 0.25) is 0 Å². The van der Waals surface area contributed by atoms with Gasteiger partial charge in [-0.3, -0.25) is 10.1 Å². The molecule has 0 bridgehead atoms. The van der Waals surface area contributed by atoms with Crippen molar-refractivity contribution in [3.63, 3.8) is 0 Å². The standard InChI is InChI=1S/C16H24BrN3O3/c1-16(2,3)19-15(22)18-14(21)10-20(4)9-11-8-12(17)6-7-13(11)23-5/h6-8H,9-10H2,1-5H3,(H2,18,19,21,22)/p+1. The van der Waals surface area contributed by atoms with Gasteiger partial charge in [-0.05, 0) is 39.0 Å². The maximum absolute atomic E-state index is 11.9. The number of likely N-dealkylation sites (N-methyl/N-ethyl adjacent to an activating group) is 1. The number of ether oxygens (including phenoxy) is 1. The number of rotatable bonds is 5. The van der Waals surface area contributed by atoms with Gasteiger partial charge in [0.1, 0.15) is 12.3 Å². The van der Waals surface area contributed by atoms with Crippen LogP contribution in [0.25, 0.3) is 0 Å². The van der Waals surface area contributed by atoms with Crippen LogP contribution < -0.4 is 20.3 Å². The molecule has 0 aliphatic carbocycles. The van der Waals surface area contributed by atoms with E-state index in [0.29, 0.717) is 6.54 Å². The third kappa shape index (κ3) is 7.47. The molecule has 6 nitrogen and oxygen atoms in total. The molecule has 0 saturated carbocycles. The third-order valence-corrected chi connectivity index (χ3v) is 3.43. The molecule has 7 heteroatoms. The molecule has 0 aliphatic heterocycles. The molecule has 0 fully saturated rings. The Hall–Kier alpha value is -1.60. The smallest absolute Gasteiger partial charge is 0.322 e. The van der Waals surface area contributed by atoms with Crippen LogP contribution in [0.5, 0.6) is 5.75 Å². The summed E-state index contributed by atoms with van der Waals surface area (Å²) >= 11 is 3.43. The summed E-state index contributed by atoms with van der Waals surface area (Å²) in [4.78, 5) is 24.6. The molecule has 1 unspecified atom stereocenters. The molecule has 128 valence electrons. The predicted molar refractivity (Wildman–Crippen MR) is 92.6 cm³/mol. The minimum atomic E-state index is -0.477. The van der Waals surface area contributed by atoms with Crippen LogP contribution in [0.2, 0.25) is 0 Å². The van der Waals surface area contributed by atoms with Crippen LogP contribution in [-0.2, 0) is 11.3 Å². The van der Waals surface area contributed by atoms with E-state index >= 15 is 0 Å². The number of benzene rings is 1. The molecule has 0 aliphatic rings. The first kappa shape index (κ1) is 19.4. The van der Waals surface area contributed by atoms with Crippen LogP contribution >= 0.6 is 15.9 Å². The lowest BCUT2D eigenvalue weighted by atomic mass is 10.1. The van der Waals surface area contributed by atoms with Crippen molar-refractivity contribution >= 4 is 27.9 Å². The first-order valence-corrected chi connectivity index (χ1v) is 8.15. The Balaban J connectivity index is 2.56. The monoisotopic (exact) mass is 386 g/mol.